The van der Waals surface area contributed by atoms with E-state index in [2.05, 4.69) is 10.1 Å². The van der Waals surface area contributed by atoms with Crippen LogP contribution in [0.4, 0.5) is 0 Å². The molecular formula is C14H10ClN3O2S. The van der Waals surface area contributed by atoms with Gasteiger partial charge >= 0.3 is 0 Å². The molecule has 0 spiro atoms. The zero-order valence-corrected chi connectivity index (χ0v) is 12.2. The molecule has 3 aromatic rings. The number of rotatable bonds is 3. The monoisotopic (exact) mass is 319 g/mol. The summed E-state index contributed by atoms with van der Waals surface area (Å²) in [5.41, 5.74) is 7.70. The summed E-state index contributed by atoms with van der Waals surface area (Å²) in [7, 11) is 0. The fraction of sp³-hybridized carbons (Fsp3) is 0. The van der Waals surface area contributed by atoms with Gasteiger partial charge < -0.3 is 15.4 Å². The molecule has 0 saturated carbocycles. The maximum absolute atomic E-state index is 8.84. The van der Waals surface area contributed by atoms with E-state index in [1.54, 1.807) is 18.2 Å². The van der Waals surface area contributed by atoms with E-state index in [-0.39, 0.29) is 5.84 Å². The van der Waals surface area contributed by atoms with Crippen LogP contribution in [0.3, 0.4) is 0 Å². The lowest BCUT2D eigenvalue weighted by atomic mass is 10.2. The summed E-state index contributed by atoms with van der Waals surface area (Å²) in [4.78, 5) is 5.07. The Bertz CT molecular complexity index is 799. The third-order valence-electron chi connectivity index (χ3n) is 2.80. The molecule has 0 radical (unpaired) electrons. The molecule has 2 aromatic carbocycles. The molecule has 1 aromatic heterocycles. The number of fused-ring (bicyclic) bond motifs is 1. The van der Waals surface area contributed by atoms with Crippen LogP contribution in [0.2, 0.25) is 5.02 Å². The molecule has 0 aliphatic heterocycles. The van der Waals surface area contributed by atoms with Gasteiger partial charge in [-0.1, -0.05) is 28.9 Å². The first-order chi connectivity index (χ1) is 10.2. The van der Waals surface area contributed by atoms with Crippen LogP contribution in [0, 0.1) is 0 Å². The second-order valence-corrected chi connectivity index (χ2v) is 5.60. The Morgan fingerprint density at radius 1 is 1.29 bits per heavy atom. The topological polar surface area (TPSA) is 84.6 Å². The lowest BCUT2D eigenvalue weighted by molar-refractivity contribution is 0.318. The molecule has 0 fully saturated rings. The molecule has 21 heavy (non-hydrogen) atoms. The highest BCUT2D eigenvalue weighted by molar-refractivity contribution is 7.99. The number of aromatic nitrogens is 1. The molecule has 1 heterocycles. The fourth-order valence-electron chi connectivity index (χ4n) is 1.83. The third-order valence-corrected chi connectivity index (χ3v) is 3.94. The maximum Gasteiger partial charge on any atom is 0.261 e. The van der Waals surface area contributed by atoms with Crippen LogP contribution in [0.15, 0.2) is 62.2 Å². The zero-order valence-electron chi connectivity index (χ0n) is 10.7. The van der Waals surface area contributed by atoms with Crippen LogP contribution >= 0.6 is 23.4 Å². The number of benzene rings is 2. The summed E-state index contributed by atoms with van der Waals surface area (Å²) in [6.07, 6.45) is 0. The smallest absolute Gasteiger partial charge is 0.261 e. The second-order valence-electron chi connectivity index (χ2n) is 4.18. The van der Waals surface area contributed by atoms with Gasteiger partial charge in [-0.25, -0.2) is 4.98 Å². The number of amidine groups is 1. The van der Waals surface area contributed by atoms with Crippen molar-refractivity contribution in [3.05, 3.63) is 53.1 Å². The van der Waals surface area contributed by atoms with E-state index in [0.29, 0.717) is 26.3 Å². The van der Waals surface area contributed by atoms with Crippen molar-refractivity contribution in [2.45, 2.75) is 10.1 Å². The molecule has 0 unspecified atom stereocenters. The maximum atomic E-state index is 8.84. The number of halogens is 1. The Hall–Kier alpha value is -2.18. The van der Waals surface area contributed by atoms with Gasteiger partial charge in [0.15, 0.2) is 11.4 Å². The third kappa shape index (κ3) is 2.81. The average Bonchev–Trinajstić information content (AvgIpc) is 2.89. The van der Waals surface area contributed by atoms with Crippen molar-refractivity contribution in [1.29, 1.82) is 0 Å². The van der Waals surface area contributed by atoms with Gasteiger partial charge in [0.25, 0.3) is 5.22 Å². The molecule has 106 valence electrons. The minimum absolute atomic E-state index is 0.00489. The summed E-state index contributed by atoms with van der Waals surface area (Å²) in [6, 6.07) is 12.5. The van der Waals surface area contributed by atoms with Gasteiger partial charge in [-0.15, -0.1) is 0 Å². The van der Waals surface area contributed by atoms with Crippen molar-refractivity contribution < 1.29 is 9.62 Å². The molecule has 0 bridgehead atoms. The normalized spacial score (nSPS) is 12.0. The molecule has 0 saturated heterocycles. The van der Waals surface area contributed by atoms with Gasteiger partial charge in [-0.3, -0.25) is 0 Å². The number of hydrogen-bond donors (Lipinski definition) is 2. The highest BCUT2D eigenvalue weighted by Gasteiger charge is 2.13. The van der Waals surface area contributed by atoms with Crippen molar-refractivity contribution >= 4 is 40.3 Å². The van der Waals surface area contributed by atoms with E-state index in [4.69, 9.17) is 27.0 Å². The lowest BCUT2D eigenvalue weighted by Crippen LogP contribution is -2.14. The SMILES string of the molecule is NC(=NO)c1ccc(Cl)cc1Sc1nc2ccccc2o1. The van der Waals surface area contributed by atoms with Crippen molar-refractivity contribution in [3.63, 3.8) is 0 Å². The van der Waals surface area contributed by atoms with Gasteiger partial charge in [-0.05, 0) is 42.1 Å². The highest BCUT2D eigenvalue weighted by atomic mass is 35.5. The van der Waals surface area contributed by atoms with Crippen LogP contribution in [0.1, 0.15) is 5.56 Å². The van der Waals surface area contributed by atoms with E-state index in [9.17, 15) is 0 Å². The van der Waals surface area contributed by atoms with Crippen molar-refractivity contribution in [1.82, 2.24) is 4.98 Å². The number of nitrogens with two attached hydrogens (primary N) is 1. The second kappa shape index (κ2) is 5.67. The summed E-state index contributed by atoms with van der Waals surface area (Å²) in [5, 5.41) is 12.9. The summed E-state index contributed by atoms with van der Waals surface area (Å²) < 4.78 is 5.65. The van der Waals surface area contributed by atoms with E-state index in [1.807, 2.05) is 24.3 Å². The predicted molar refractivity (Wildman–Crippen MR) is 82.1 cm³/mol. The molecule has 3 rings (SSSR count). The Morgan fingerprint density at radius 3 is 2.86 bits per heavy atom. The van der Waals surface area contributed by atoms with E-state index >= 15 is 0 Å². The number of oxazole rings is 1. The van der Waals surface area contributed by atoms with Gasteiger partial charge in [0.1, 0.15) is 5.52 Å². The molecule has 0 atom stereocenters. The standard InChI is InChI=1S/C14H10ClN3O2S/c15-8-5-6-9(13(16)18-19)12(7-8)21-14-17-10-3-1-2-4-11(10)20-14/h1-7,19H,(H2,16,18). The van der Waals surface area contributed by atoms with Gasteiger partial charge in [0.2, 0.25) is 0 Å². The summed E-state index contributed by atoms with van der Waals surface area (Å²) in [6.45, 7) is 0. The van der Waals surface area contributed by atoms with Crippen LogP contribution in [-0.2, 0) is 0 Å². The molecule has 0 aliphatic rings. The molecule has 3 N–H and O–H groups in total. The first-order valence-electron chi connectivity index (χ1n) is 5.98. The van der Waals surface area contributed by atoms with Crippen LogP contribution in [-0.4, -0.2) is 16.0 Å². The van der Waals surface area contributed by atoms with E-state index in [0.717, 1.165) is 5.52 Å². The average molecular weight is 320 g/mol. The summed E-state index contributed by atoms with van der Waals surface area (Å²) >= 11 is 7.27. The van der Waals surface area contributed by atoms with Crippen molar-refractivity contribution in [2.24, 2.45) is 10.9 Å². The molecule has 5 nitrogen and oxygen atoms in total. The van der Waals surface area contributed by atoms with E-state index < -0.39 is 0 Å². The Labute approximate surface area is 129 Å². The molecule has 0 aliphatic carbocycles. The minimum Gasteiger partial charge on any atom is -0.431 e. The predicted octanol–water partition coefficient (Wildman–Crippen LogP) is 3.73. The minimum atomic E-state index is 0.00489. The number of hydrogen-bond acceptors (Lipinski definition) is 5. The Balaban J connectivity index is 2.02. The largest absolute Gasteiger partial charge is 0.431 e. The van der Waals surface area contributed by atoms with Crippen LogP contribution < -0.4 is 5.73 Å². The van der Waals surface area contributed by atoms with Gasteiger partial charge in [0.05, 0.1) is 0 Å². The molecular weight excluding hydrogens is 310 g/mol. The molecule has 0 amide bonds. The van der Waals surface area contributed by atoms with E-state index in [1.165, 1.54) is 11.8 Å². The quantitative estimate of drug-likeness (QED) is 0.332. The first-order valence-corrected chi connectivity index (χ1v) is 7.17. The van der Waals surface area contributed by atoms with Crippen LogP contribution in [0.5, 0.6) is 0 Å². The Kier molecular flexibility index (Phi) is 3.72. The highest BCUT2D eigenvalue weighted by Crippen LogP contribution is 2.33. The number of nitrogens with zero attached hydrogens (tertiary/aromatic N) is 2. The van der Waals surface area contributed by atoms with Crippen molar-refractivity contribution in [3.8, 4) is 0 Å². The number of para-hydroxylation sites is 2. The molecule has 7 heteroatoms. The van der Waals surface area contributed by atoms with Crippen LogP contribution in [0.25, 0.3) is 11.1 Å². The first kappa shape index (κ1) is 13.8. The number of oxime groups is 1. The summed E-state index contributed by atoms with van der Waals surface area (Å²) in [5.74, 6) is 0.00489. The van der Waals surface area contributed by atoms with Gasteiger partial charge in [-0.2, -0.15) is 0 Å². The Morgan fingerprint density at radius 2 is 2.10 bits per heavy atom. The lowest BCUT2D eigenvalue weighted by Gasteiger charge is -2.06. The van der Waals surface area contributed by atoms with Crippen molar-refractivity contribution in [2.75, 3.05) is 0 Å². The zero-order chi connectivity index (χ0) is 14.8. The van der Waals surface area contributed by atoms with Gasteiger partial charge in [0, 0.05) is 15.5 Å². The fourth-order valence-corrected chi connectivity index (χ4v) is 3.00.